The summed E-state index contributed by atoms with van der Waals surface area (Å²) in [5.74, 6) is 3.77. The van der Waals surface area contributed by atoms with Gasteiger partial charge in [-0.25, -0.2) is 0 Å². The second-order valence-corrected chi connectivity index (χ2v) is 20.0. The van der Waals surface area contributed by atoms with E-state index in [-0.39, 0.29) is 12.1 Å². The Balaban J connectivity index is 1.32. The summed E-state index contributed by atoms with van der Waals surface area (Å²) in [6.45, 7) is 18.2. The van der Waals surface area contributed by atoms with Crippen molar-refractivity contribution in [3.63, 3.8) is 0 Å². The van der Waals surface area contributed by atoms with Gasteiger partial charge >= 0.3 is 0 Å². The van der Waals surface area contributed by atoms with Crippen LogP contribution >= 0.6 is 22.7 Å². The molecule has 0 amide bonds. The number of anilines is 2. The average molecular weight is 647 g/mol. The number of thiophene rings is 2. The molecule has 4 aromatic rings. The summed E-state index contributed by atoms with van der Waals surface area (Å²) in [5, 5.41) is 5.47. The molecule has 2 unspecified atom stereocenters. The van der Waals surface area contributed by atoms with E-state index in [0.717, 1.165) is 23.0 Å². The normalized spacial score (nSPS) is 21.2. The first-order valence-corrected chi connectivity index (χ1v) is 20.4. The van der Waals surface area contributed by atoms with Gasteiger partial charge in [-0.3, -0.25) is 0 Å². The Hall–Kier alpha value is -3.78. The summed E-state index contributed by atoms with van der Waals surface area (Å²) in [7, 11) is -2.44. The lowest BCUT2D eigenvalue weighted by Crippen LogP contribution is -2.35. The minimum absolute atomic E-state index is 0.269. The monoisotopic (exact) mass is 646 g/mol. The molecule has 0 saturated carbocycles. The highest BCUT2D eigenvalue weighted by molar-refractivity contribution is 7.16. The van der Waals surface area contributed by atoms with Gasteiger partial charge in [0.25, 0.3) is 0 Å². The van der Waals surface area contributed by atoms with E-state index in [1.165, 1.54) is 63.8 Å². The van der Waals surface area contributed by atoms with Crippen LogP contribution in [0.15, 0.2) is 115 Å². The van der Waals surface area contributed by atoms with Gasteiger partial charge in [-0.05, 0) is 124 Å². The van der Waals surface area contributed by atoms with Crippen molar-refractivity contribution in [1.29, 1.82) is 0 Å². The van der Waals surface area contributed by atoms with E-state index < -0.39 is 8.07 Å². The van der Waals surface area contributed by atoms with Gasteiger partial charge in [0.2, 0.25) is 0 Å². The van der Waals surface area contributed by atoms with Crippen LogP contribution in [-0.4, -0.2) is 20.2 Å². The molecule has 0 spiro atoms. The molecule has 2 aliphatic carbocycles. The molecular weight excluding hydrogens is 609 g/mol. The molecule has 45 heavy (non-hydrogen) atoms. The van der Waals surface area contributed by atoms with E-state index in [9.17, 15) is 0 Å². The Morgan fingerprint density at radius 2 is 1.02 bits per heavy atom. The zero-order valence-electron chi connectivity index (χ0n) is 27.1. The smallest absolute Gasteiger partial charge is 0.134 e. The third-order valence-corrected chi connectivity index (χ3v) is 15.1. The molecule has 7 heteroatoms. The molecule has 0 N–H and O–H groups in total. The number of hydrogen-bond acceptors (Lipinski definition) is 6. The van der Waals surface area contributed by atoms with Gasteiger partial charge in [0, 0.05) is 20.9 Å². The molecular formula is C38H38N2O2S2Si. The average Bonchev–Trinajstić information content (AvgIpc) is 3.79. The predicted octanol–water partition coefficient (Wildman–Crippen LogP) is 10.7. The molecule has 2 atom stereocenters. The minimum Gasteiger partial charge on any atom is -0.461 e. The van der Waals surface area contributed by atoms with Crippen molar-refractivity contribution < 1.29 is 8.83 Å². The SMILES string of the molecule is Cc1ccc(C2=C([Si](C)(C)C3=C(c4ccc(C)o4)C=C4C3=CC(C)N4c3ccc(C)s3)C3=CC(C)N(c4ccc(C)s4)C3=C2)o1. The molecule has 0 fully saturated rings. The number of furan rings is 2. The quantitative estimate of drug-likeness (QED) is 0.195. The van der Waals surface area contributed by atoms with Crippen LogP contribution in [-0.2, 0) is 0 Å². The molecule has 0 radical (unpaired) electrons. The highest BCUT2D eigenvalue weighted by Crippen LogP contribution is 2.56. The molecule has 4 nitrogen and oxygen atoms in total. The second kappa shape index (κ2) is 10.1. The van der Waals surface area contributed by atoms with Gasteiger partial charge in [0.1, 0.15) is 31.1 Å². The molecule has 8 rings (SSSR count). The summed E-state index contributed by atoms with van der Waals surface area (Å²) in [6.07, 6.45) is 9.78. The Labute approximate surface area is 274 Å². The van der Waals surface area contributed by atoms with Crippen LogP contribution in [0.2, 0.25) is 13.1 Å². The summed E-state index contributed by atoms with van der Waals surface area (Å²) >= 11 is 3.73. The van der Waals surface area contributed by atoms with Gasteiger partial charge < -0.3 is 18.6 Å². The van der Waals surface area contributed by atoms with Crippen molar-refractivity contribution >= 4 is 51.9 Å². The predicted molar refractivity (Wildman–Crippen MR) is 193 cm³/mol. The summed E-state index contributed by atoms with van der Waals surface area (Å²) in [5.41, 5.74) is 7.75. The van der Waals surface area contributed by atoms with E-state index in [1.54, 1.807) is 0 Å². The van der Waals surface area contributed by atoms with Crippen molar-refractivity contribution in [2.75, 3.05) is 9.80 Å². The van der Waals surface area contributed by atoms with Crippen LogP contribution < -0.4 is 9.80 Å². The molecule has 0 saturated heterocycles. The topological polar surface area (TPSA) is 32.8 Å². The lowest BCUT2D eigenvalue weighted by Gasteiger charge is -2.31. The fourth-order valence-electron chi connectivity index (χ4n) is 7.69. The van der Waals surface area contributed by atoms with E-state index in [0.29, 0.717) is 0 Å². The lowest BCUT2D eigenvalue weighted by molar-refractivity contribution is 0.522. The van der Waals surface area contributed by atoms with Gasteiger partial charge in [-0.2, -0.15) is 0 Å². The van der Waals surface area contributed by atoms with Crippen LogP contribution in [0.25, 0.3) is 11.1 Å². The Bertz CT molecular complexity index is 1940. The molecule has 0 aromatic carbocycles. The van der Waals surface area contributed by atoms with Crippen molar-refractivity contribution in [2.24, 2.45) is 0 Å². The largest absolute Gasteiger partial charge is 0.461 e. The van der Waals surface area contributed by atoms with Crippen molar-refractivity contribution in [3.05, 3.63) is 139 Å². The fourth-order valence-corrected chi connectivity index (χ4v) is 13.4. The standard InChI is InChI=1S/C38H38N2O2S2Si/c1-21-17-27-31(39(21)35-15-11-25(5)43-35)19-29(33-13-9-23(3)41-33)37(27)45(7,8)38-28-18-22(2)40(36-16-12-26(6)44-36)32(28)20-30(38)34-14-10-24(4)42-34/h9-22H,1-8H3. The first-order valence-electron chi connectivity index (χ1n) is 15.7. The highest BCUT2D eigenvalue weighted by Gasteiger charge is 2.49. The first kappa shape index (κ1) is 28.7. The molecule has 6 heterocycles. The van der Waals surface area contributed by atoms with Gasteiger partial charge in [-0.1, -0.05) is 25.2 Å². The molecule has 4 aromatic heterocycles. The fraction of sp³-hybridized carbons (Fsp3) is 0.263. The van der Waals surface area contributed by atoms with Crippen LogP contribution in [0.5, 0.6) is 0 Å². The Morgan fingerprint density at radius 1 is 0.600 bits per heavy atom. The van der Waals surface area contributed by atoms with E-state index in [1.807, 2.05) is 36.5 Å². The summed E-state index contributed by atoms with van der Waals surface area (Å²) in [4.78, 5) is 7.69. The second-order valence-electron chi connectivity index (χ2n) is 13.2. The zero-order valence-corrected chi connectivity index (χ0v) is 29.7. The van der Waals surface area contributed by atoms with Crippen LogP contribution in [0.3, 0.4) is 0 Å². The third-order valence-electron chi connectivity index (χ3n) is 9.53. The number of allylic oxidation sites excluding steroid dienone is 6. The molecule has 4 aliphatic rings. The maximum atomic E-state index is 6.40. The van der Waals surface area contributed by atoms with Crippen molar-refractivity contribution in [2.45, 2.75) is 66.7 Å². The maximum Gasteiger partial charge on any atom is 0.134 e. The van der Waals surface area contributed by atoms with Gasteiger partial charge in [0.15, 0.2) is 0 Å². The first-order chi connectivity index (χ1) is 21.5. The summed E-state index contributed by atoms with van der Waals surface area (Å²) in [6, 6.07) is 18.0. The van der Waals surface area contributed by atoms with E-state index in [2.05, 4.69) is 123 Å². The Morgan fingerprint density at radius 3 is 1.36 bits per heavy atom. The number of rotatable bonds is 6. The van der Waals surface area contributed by atoms with E-state index in [4.69, 9.17) is 8.83 Å². The van der Waals surface area contributed by atoms with Crippen LogP contribution in [0.4, 0.5) is 10.0 Å². The third kappa shape index (κ3) is 4.35. The number of aryl methyl sites for hydroxylation is 4. The molecule has 228 valence electrons. The van der Waals surface area contributed by atoms with Crippen LogP contribution in [0.1, 0.15) is 46.6 Å². The number of hydrogen-bond donors (Lipinski definition) is 0. The highest BCUT2D eigenvalue weighted by atomic mass is 32.1. The summed E-state index contributed by atoms with van der Waals surface area (Å²) < 4.78 is 12.8. The Kier molecular flexibility index (Phi) is 6.44. The van der Waals surface area contributed by atoms with Gasteiger partial charge in [0.05, 0.1) is 33.5 Å². The van der Waals surface area contributed by atoms with Crippen LogP contribution in [0, 0.1) is 27.7 Å². The van der Waals surface area contributed by atoms with E-state index >= 15 is 0 Å². The zero-order chi connectivity index (χ0) is 31.4. The maximum absolute atomic E-state index is 6.40. The van der Waals surface area contributed by atoms with Gasteiger partial charge in [-0.15, -0.1) is 22.7 Å². The van der Waals surface area contributed by atoms with Crippen molar-refractivity contribution in [3.8, 4) is 0 Å². The number of nitrogens with zero attached hydrogens (tertiary/aromatic N) is 2. The molecule has 0 bridgehead atoms. The minimum atomic E-state index is -2.44. The lowest BCUT2D eigenvalue weighted by atomic mass is 10.2. The molecule has 2 aliphatic heterocycles. The number of fused-ring (bicyclic) bond motifs is 2. The van der Waals surface area contributed by atoms with Crippen molar-refractivity contribution in [1.82, 2.24) is 0 Å².